The molecule has 0 spiro atoms. The third kappa shape index (κ3) is 4.47. The molecule has 1 amide bonds. The highest BCUT2D eigenvalue weighted by atomic mass is 32.1. The van der Waals surface area contributed by atoms with Gasteiger partial charge in [-0.15, -0.1) is 11.3 Å². The summed E-state index contributed by atoms with van der Waals surface area (Å²) in [5.74, 6) is 0.0715. The van der Waals surface area contributed by atoms with Crippen LogP contribution in [0.4, 0.5) is 5.69 Å². The van der Waals surface area contributed by atoms with E-state index >= 15 is 0 Å². The molecule has 1 atom stereocenters. The number of amides is 1. The fourth-order valence-corrected chi connectivity index (χ4v) is 2.82. The number of quaternary nitrogens is 1. The van der Waals surface area contributed by atoms with Gasteiger partial charge in [-0.05, 0) is 37.4 Å². The van der Waals surface area contributed by atoms with Crippen LogP contribution in [0.1, 0.15) is 17.4 Å². The fraction of sp³-hybridized carbons (Fsp3) is 0.312. The van der Waals surface area contributed by atoms with Crippen molar-refractivity contribution in [2.24, 2.45) is 0 Å². The average Bonchev–Trinajstić information content (AvgIpc) is 2.93. The van der Waals surface area contributed by atoms with E-state index in [0.29, 0.717) is 6.54 Å². The molecule has 0 saturated heterocycles. The molecule has 106 valence electrons. The summed E-state index contributed by atoms with van der Waals surface area (Å²) in [6.07, 6.45) is 0. The zero-order chi connectivity index (χ0) is 14.4. The first-order chi connectivity index (χ1) is 9.67. The van der Waals surface area contributed by atoms with E-state index < -0.39 is 0 Å². The second-order valence-corrected chi connectivity index (χ2v) is 5.98. The SMILES string of the molecule is CC[NH+](CC(=O)Nc1ccc(C)cc1)Cc1cccs1. The highest BCUT2D eigenvalue weighted by Crippen LogP contribution is 2.08. The Kier molecular flexibility index (Phi) is 5.32. The second-order valence-electron chi connectivity index (χ2n) is 4.95. The molecule has 3 nitrogen and oxygen atoms in total. The molecule has 1 heterocycles. The molecule has 0 aliphatic rings. The molecule has 0 fully saturated rings. The summed E-state index contributed by atoms with van der Waals surface area (Å²) in [6.45, 7) is 6.51. The van der Waals surface area contributed by atoms with Crippen LogP contribution in [0.25, 0.3) is 0 Å². The van der Waals surface area contributed by atoms with E-state index in [0.717, 1.165) is 18.8 Å². The number of hydrogen-bond acceptors (Lipinski definition) is 2. The van der Waals surface area contributed by atoms with Crippen LogP contribution >= 0.6 is 11.3 Å². The van der Waals surface area contributed by atoms with Crippen LogP contribution in [-0.2, 0) is 11.3 Å². The molecule has 0 aliphatic heterocycles. The van der Waals surface area contributed by atoms with Gasteiger partial charge in [-0.25, -0.2) is 0 Å². The normalized spacial score (nSPS) is 12.1. The summed E-state index contributed by atoms with van der Waals surface area (Å²) < 4.78 is 0. The van der Waals surface area contributed by atoms with E-state index in [1.165, 1.54) is 15.3 Å². The van der Waals surface area contributed by atoms with Gasteiger partial charge in [0.25, 0.3) is 5.91 Å². The third-order valence-electron chi connectivity index (χ3n) is 3.25. The van der Waals surface area contributed by atoms with Gasteiger partial charge >= 0.3 is 0 Å². The number of benzene rings is 1. The van der Waals surface area contributed by atoms with Crippen LogP contribution in [0.2, 0.25) is 0 Å². The van der Waals surface area contributed by atoms with Crippen molar-refractivity contribution in [2.75, 3.05) is 18.4 Å². The van der Waals surface area contributed by atoms with Crippen molar-refractivity contribution in [3.8, 4) is 0 Å². The Morgan fingerprint density at radius 1 is 1.25 bits per heavy atom. The number of anilines is 1. The van der Waals surface area contributed by atoms with Crippen molar-refractivity contribution < 1.29 is 9.69 Å². The van der Waals surface area contributed by atoms with Gasteiger partial charge in [0.1, 0.15) is 6.54 Å². The summed E-state index contributed by atoms with van der Waals surface area (Å²) in [5, 5.41) is 5.04. The number of likely N-dealkylation sites (N-methyl/N-ethyl adjacent to an activating group) is 1. The van der Waals surface area contributed by atoms with Crippen molar-refractivity contribution in [2.45, 2.75) is 20.4 Å². The number of nitrogens with one attached hydrogen (secondary N) is 2. The van der Waals surface area contributed by atoms with Gasteiger partial charge in [-0.2, -0.15) is 0 Å². The Labute approximate surface area is 124 Å². The average molecular weight is 289 g/mol. The minimum absolute atomic E-state index is 0.0715. The maximum Gasteiger partial charge on any atom is 0.279 e. The Balaban J connectivity index is 1.87. The van der Waals surface area contributed by atoms with Crippen molar-refractivity contribution in [3.05, 3.63) is 52.2 Å². The lowest BCUT2D eigenvalue weighted by Gasteiger charge is -2.16. The lowest BCUT2D eigenvalue weighted by atomic mass is 10.2. The van der Waals surface area contributed by atoms with E-state index in [1.807, 2.05) is 31.2 Å². The molecule has 20 heavy (non-hydrogen) atoms. The van der Waals surface area contributed by atoms with Crippen LogP contribution in [0.5, 0.6) is 0 Å². The number of hydrogen-bond donors (Lipinski definition) is 2. The van der Waals surface area contributed by atoms with Crippen LogP contribution in [-0.4, -0.2) is 19.0 Å². The van der Waals surface area contributed by atoms with Crippen LogP contribution in [0, 0.1) is 6.92 Å². The molecule has 0 saturated carbocycles. The number of carbonyl (C=O) groups is 1. The number of rotatable bonds is 6. The minimum Gasteiger partial charge on any atom is -0.323 e. The molecule has 1 unspecified atom stereocenters. The summed E-state index contributed by atoms with van der Waals surface area (Å²) in [7, 11) is 0. The van der Waals surface area contributed by atoms with E-state index in [-0.39, 0.29) is 5.91 Å². The van der Waals surface area contributed by atoms with Gasteiger partial charge in [0.15, 0.2) is 6.54 Å². The monoisotopic (exact) mass is 289 g/mol. The first-order valence-corrected chi connectivity index (χ1v) is 7.78. The highest BCUT2D eigenvalue weighted by molar-refractivity contribution is 7.09. The van der Waals surface area contributed by atoms with Gasteiger partial charge in [0.05, 0.1) is 11.4 Å². The topological polar surface area (TPSA) is 33.5 Å². The quantitative estimate of drug-likeness (QED) is 0.839. The van der Waals surface area contributed by atoms with Crippen molar-refractivity contribution in [3.63, 3.8) is 0 Å². The summed E-state index contributed by atoms with van der Waals surface area (Å²) in [6, 6.07) is 12.1. The van der Waals surface area contributed by atoms with Crippen molar-refractivity contribution >= 4 is 22.9 Å². The predicted octanol–water partition coefficient (Wildman–Crippen LogP) is 2.10. The molecular weight excluding hydrogens is 268 g/mol. The van der Waals surface area contributed by atoms with E-state index in [1.54, 1.807) is 11.3 Å². The summed E-state index contributed by atoms with van der Waals surface area (Å²) in [4.78, 5) is 14.7. The lowest BCUT2D eigenvalue weighted by Crippen LogP contribution is -3.11. The molecule has 0 aliphatic carbocycles. The lowest BCUT2D eigenvalue weighted by molar-refractivity contribution is -0.903. The number of carbonyl (C=O) groups excluding carboxylic acids is 1. The first-order valence-electron chi connectivity index (χ1n) is 6.90. The molecular formula is C16H21N2OS+. The Hall–Kier alpha value is -1.65. The first kappa shape index (κ1) is 14.8. The molecule has 2 rings (SSSR count). The predicted molar refractivity (Wildman–Crippen MR) is 84.2 cm³/mol. The third-order valence-corrected chi connectivity index (χ3v) is 4.13. The molecule has 0 radical (unpaired) electrons. The summed E-state index contributed by atoms with van der Waals surface area (Å²) >= 11 is 1.75. The highest BCUT2D eigenvalue weighted by Gasteiger charge is 2.13. The van der Waals surface area contributed by atoms with E-state index in [4.69, 9.17) is 0 Å². The van der Waals surface area contributed by atoms with Gasteiger partial charge in [-0.3, -0.25) is 4.79 Å². The molecule has 4 heteroatoms. The summed E-state index contributed by atoms with van der Waals surface area (Å²) in [5.41, 5.74) is 2.06. The van der Waals surface area contributed by atoms with Crippen molar-refractivity contribution in [1.82, 2.24) is 0 Å². The number of aryl methyl sites for hydroxylation is 1. The van der Waals surface area contributed by atoms with Gasteiger partial charge in [0.2, 0.25) is 0 Å². The molecule has 1 aromatic carbocycles. The molecule has 0 bridgehead atoms. The molecule has 1 aromatic heterocycles. The Bertz CT molecular complexity index is 534. The van der Waals surface area contributed by atoms with Gasteiger partial charge < -0.3 is 10.2 Å². The minimum atomic E-state index is 0.0715. The van der Waals surface area contributed by atoms with Crippen molar-refractivity contribution in [1.29, 1.82) is 0 Å². The zero-order valence-corrected chi connectivity index (χ0v) is 12.8. The number of thiophene rings is 1. The molecule has 2 aromatic rings. The smallest absolute Gasteiger partial charge is 0.279 e. The standard InChI is InChI=1S/C16H20N2OS/c1-3-18(11-15-5-4-10-20-15)12-16(19)17-14-8-6-13(2)7-9-14/h4-10H,3,11-12H2,1-2H3,(H,17,19)/p+1. The van der Waals surface area contributed by atoms with Crippen LogP contribution in [0.15, 0.2) is 41.8 Å². The Morgan fingerprint density at radius 2 is 2.00 bits per heavy atom. The van der Waals surface area contributed by atoms with Gasteiger partial charge in [-0.1, -0.05) is 23.8 Å². The zero-order valence-electron chi connectivity index (χ0n) is 12.0. The second kappa shape index (κ2) is 7.22. The van der Waals surface area contributed by atoms with Crippen LogP contribution in [0.3, 0.4) is 0 Å². The van der Waals surface area contributed by atoms with E-state index in [2.05, 4.69) is 29.8 Å². The largest absolute Gasteiger partial charge is 0.323 e. The van der Waals surface area contributed by atoms with Gasteiger partial charge in [0, 0.05) is 5.69 Å². The fourth-order valence-electron chi connectivity index (χ4n) is 2.04. The van der Waals surface area contributed by atoms with E-state index in [9.17, 15) is 4.79 Å². The maximum absolute atomic E-state index is 12.1. The van der Waals surface area contributed by atoms with Crippen LogP contribution < -0.4 is 10.2 Å². The maximum atomic E-state index is 12.1. The molecule has 2 N–H and O–H groups in total. The Morgan fingerprint density at radius 3 is 2.60 bits per heavy atom.